The highest BCUT2D eigenvalue weighted by atomic mass is 19.1. The molecule has 1 aromatic carbocycles. The molecule has 19 heavy (non-hydrogen) atoms. The average Bonchev–Trinajstić information content (AvgIpc) is 2.89. The molecule has 3 rings (SSSR count). The minimum absolute atomic E-state index is 0.339. The van der Waals surface area contributed by atoms with Crippen LogP contribution in [0.3, 0.4) is 0 Å². The van der Waals surface area contributed by atoms with E-state index in [1.165, 1.54) is 10.9 Å². The molecule has 1 fully saturated rings. The molecule has 1 aliphatic rings. The van der Waals surface area contributed by atoms with Crippen LogP contribution in [0.5, 0.6) is 0 Å². The minimum Gasteiger partial charge on any atom is -0.317 e. The summed E-state index contributed by atoms with van der Waals surface area (Å²) >= 11 is 0. The van der Waals surface area contributed by atoms with Crippen molar-refractivity contribution in [1.82, 2.24) is 25.5 Å². The van der Waals surface area contributed by atoms with E-state index in [2.05, 4.69) is 20.7 Å². The number of tetrazole rings is 1. The van der Waals surface area contributed by atoms with Crippen LogP contribution in [0.2, 0.25) is 0 Å². The first-order chi connectivity index (χ1) is 9.33. The second-order valence-corrected chi connectivity index (χ2v) is 4.84. The van der Waals surface area contributed by atoms with E-state index in [0.717, 1.165) is 32.4 Å². The van der Waals surface area contributed by atoms with E-state index in [1.807, 2.05) is 0 Å². The molecule has 0 atom stereocenters. The van der Waals surface area contributed by atoms with E-state index in [4.69, 9.17) is 0 Å². The van der Waals surface area contributed by atoms with E-state index >= 15 is 0 Å². The fourth-order valence-corrected chi connectivity index (χ4v) is 2.38. The monoisotopic (exact) mass is 261 g/mol. The maximum absolute atomic E-state index is 13.6. The molecule has 100 valence electrons. The van der Waals surface area contributed by atoms with Crippen molar-refractivity contribution in [2.24, 2.45) is 5.92 Å². The summed E-state index contributed by atoms with van der Waals surface area (Å²) in [6.45, 7) is 2.10. The van der Waals surface area contributed by atoms with Crippen molar-refractivity contribution < 1.29 is 4.39 Å². The normalized spacial score (nSPS) is 16.7. The van der Waals surface area contributed by atoms with Gasteiger partial charge < -0.3 is 5.32 Å². The standard InChI is InChI=1S/C13H16FN5/c14-11-3-1-2-4-12(11)19-17-13(16-18-19)9-10-5-7-15-8-6-10/h1-4,10,15H,5-9H2. The lowest BCUT2D eigenvalue weighted by Crippen LogP contribution is -2.28. The Hall–Kier alpha value is -1.82. The number of nitrogens with one attached hydrogen (secondary N) is 1. The summed E-state index contributed by atoms with van der Waals surface area (Å²) in [5.74, 6) is 0.947. The maximum atomic E-state index is 13.6. The smallest absolute Gasteiger partial charge is 0.175 e. The van der Waals surface area contributed by atoms with Gasteiger partial charge in [0.05, 0.1) is 0 Å². The van der Waals surface area contributed by atoms with Crippen LogP contribution in [0, 0.1) is 11.7 Å². The lowest BCUT2D eigenvalue weighted by atomic mass is 9.94. The molecule has 2 aromatic rings. The van der Waals surface area contributed by atoms with Gasteiger partial charge in [-0.1, -0.05) is 12.1 Å². The highest BCUT2D eigenvalue weighted by Gasteiger charge is 2.17. The SMILES string of the molecule is Fc1ccccc1-n1nnc(CC2CCNCC2)n1. The van der Waals surface area contributed by atoms with Crippen LogP contribution >= 0.6 is 0 Å². The van der Waals surface area contributed by atoms with Gasteiger partial charge in [-0.3, -0.25) is 0 Å². The first-order valence-corrected chi connectivity index (χ1v) is 6.57. The Bertz CT molecular complexity index is 547. The molecular weight excluding hydrogens is 245 g/mol. The fraction of sp³-hybridized carbons (Fsp3) is 0.462. The van der Waals surface area contributed by atoms with Crippen LogP contribution in [0.15, 0.2) is 24.3 Å². The van der Waals surface area contributed by atoms with Gasteiger partial charge >= 0.3 is 0 Å². The molecule has 2 heterocycles. The zero-order valence-electron chi connectivity index (χ0n) is 10.6. The molecule has 0 radical (unpaired) electrons. The fourth-order valence-electron chi connectivity index (χ4n) is 2.38. The van der Waals surface area contributed by atoms with Gasteiger partial charge in [-0.25, -0.2) is 4.39 Å². The Balaban J connectivity index is 1.74. The molecule has 1 N–H and O–H groups in total. The molecule has 0 spiro atoms. The van der Waals surface area contributed by atoms with E-state index in [1.54, 1.807) is 18.2 Å². The van der Waals surface area contributed by atoms with Crippen LogP contribution in [0.25, 0.3) is 5.69 Å². The van der Waals surface area contributed by atoms with Gasteiger partial charge in [0.25, 0.3) is 0 Å². The summed E-state index contributed by atoms with van der Waals surface area (Å²) in [5.41, 5.74) is 0.339. The Morgan fingerprint density at radius 3 is 2.84 bits per heavy atom. The summed E-state index contributed by atoms with van der Waals surface area (Å²) in [6.07, 6.45) is 3.08. The van der Waals surface area contributed by atoms with Crippen LogP contribution < -0.4 is 5.32 Å². The summed E-state index contributed by atoms with van der Waals surface area (Å²) in [5, 5.41) is 15.6. The number of hydrogen-bond donors (Lipinski definition) is 1. The van der Waals surface area contributed by atoms with Gasteiger partial charge in [0.2, 0.25) is 0 Å². The number of piperidine rings is 1. The van der Waals surface area contributed by atoms with Crippen molar-refractivity contribution in [3.05, 3.63) is 35.9 Å². The third-order valence-electron chi connectivity index (χ3n) is 3.45. The quantitative estimate of drug-likeness (QED) is 0.906. The molecule has 5 nitrogen and oxygen atoms in total. The summed E-state index contributed by atoms with van der Waals surface area (Å²) < 4.78 is 13.6. The van der Waals surface area contributed by atoms with E-state index in [9.17, 15) is 4.39 Å². The first kappa shape index (κ1) is 12.2. The van der Waals surface area contributed by atoms with Gasteiger partial charge in [-0.2, -0.15) is 0 Å². The van der Waals surface area contributed by atoms with Crippen LogP contribution in [-0.2, 0) is 6.42 Å². The molecule has 0 aliphatic carbocycles. The molecule has 0 amide bonds. The number of hydrogen-bond acceptors (Lipinski definition) is 4. The van der Waals surface area contributed by atoms with Crippen molar-refractivity contribution >= 4 is 0 Å². The molecule has 6 heteroatoms. The summed E-state index contributed by atoms with van der Waals surface area (Å²) in [7, 11) is 0. The lowest BCUT2D eigenvalue weighted by Gasteiger charge is -2.20. The van der Waals surface area contributed by atoms with Crippen molar-refractivity contribution in [1.29, 1.82) is 0 Å². The van der Waals surface area contributed by atoms with Crippen molar-refractivity contribution in [2.45, 2.75) is 19.3 Å². The van der Waals surface area contributed by atoms with Crippen molar-refractivity contribution in [2.75, 3.05) is 13.1 Å². The number of para-hydroxylation sites is 1. The Labute approximate surface area is 110 Å². The first-order valence-electron chi connectivity index (χ1n) is 6.57. The van der Waals surface area contributed by atoms with Crippen LogP contribution in [-0.4, -0.2) is 33.3 Å². The predicted molar refractivity (Wildman–Crippen MR) is 68.4 cm³/mol. The maximum Gasteiger partial charge on any atom is 0.175 e. The van der Waals surface area contributed by atoms with Gasteiger partial charge in [-0.05, 0) is 49.2 Å². The van der Waals surface area contributed by atoms with E-state index in [0.29, 0.717) is 17.4 Å². The largest absolute Gasteiger partial charge is 0.317 e. The van der Waals surface area contributed by atoms with Crippen LogP contribution in [0.1, 0.15) is 18.7 Å². The third kappa shape index (κ3) is 2.78. The van der Waals surface area contributed by atoms with Gasteiger partial charge in [-0.15, -0.1) is 15.0 Å². The highest BCUT2D eigenvalue weighted by Crippen LogP contribution is 2.16. The third-order valence-corrected chi connectivity index (χ3v) is 3.45. The van der Waals surface area contributed by atoms with E-state index < -0.39 is 0 Å². The van der Waals surface area contributed by atoms with Gasteiger partial charge in [0.1, 0.15) is 5.69 Å². The molecule has 1 saturated heterocycles. The molecule has 0 saturated carbocycles. The lowest BCUT2D eigenvalue weighted by molar-refractivity contribution is 0.367. The number of rotatable bonds is 3. The molecule has 1 aromatic heterocycles. The molecule has 0 bridgehead atoms. The van der Waals surface area contributed by atoms with Gasteiger partial charge in [0.15, 0.2) is 11.6 Å². The summed E-state index contributed by atoms with van der Waals surface area (Å²) in [4.78, 5) is 1.27. The second kappa shape index (κ2) is 5.44. The number of benzene rings is 1. The van der Waals surface area contributed by atoms with E-state index in [-0.39, 0.29) is 5.82 Å². The molecule has 0 unspecified atom stereocenters. The zero-order valence-corrected chi connectivity index (χ0v) is 10.6. The number of aromatic nitrogens is 4. The Morgan fingerprint density at radius 1 is 1.26 bits per heavy atom. The predicted octanol–water partition coefficient (Wildman–Crippen LogP) is 1.34. The average molecular weight is 261 g/mol. The van der Waals surface area contributed by atoms with Crippen LogP contribution in [0.4, 0.5) is 4.39 Å². The van der Waals surface area contributed by atoms with Crippen molar-refractivity contribution in [3.63, 3.8) is 0 Å². The molecule has 1 aliphatic heterocycles. The zero-order chi connectivity index (χ0) is 13.1. The second-order valence-electron chi connectivity index (χ2n) is 4.84. The van der Waals surface area contributed by atoms with Gasteiger partial charge in [0, 0.05) is 6.42 Å². The molecular formula is C13H16FN5. The Morgan fingerprint density at radius 2 is 2.05 bits per heavy atom. The number of halogens is 1. The Kier molecular flexibility index (Phi) is 3.50. The minimum atomic E-state index is -0.340. The highest BCUT2D eigenvalue weighted by molar-refractivity contribution is 5.30. The summed E-state index contributed by atoms with van der Waals surface area (Å²) in [6, 6.07) is 6.44. The van der Waals surface area contributed by atoms with Crippen molar-refractivity contribution in [3.8, 4) is 5.69 Å². The number of nitrogens with zero attached hydrogens (tertiary/aromatic N) is 4. The topological polar surface area (TPSA) is 55.6 Å².